The van der Waals surface area contributed by atoms with Crippen LogP contribution >= 0.6 is 19.5 Å². The summed E-state index contributed by atoms with van der Waals surface area (Å²) in [6, 6.07) is 24.3. The van der Waals surface area contributed by atoms with E-state index >= 15 is 0 Å². The molecule has 0 amide bonds. The van der Waals surface area contributed by atoms with Crippen LogP contribution in [-0.2, 0) is 0 Å². The van der Waals surface area contributed by atoms with E-state index in [2.05, 4.69) is 50.2 Å². The van der Waals surface area contributed by atoms with Gasteiger partial charge in [0.25, 0.3) is 0 Å². The van der Waals surface area contributed by atoms with Gasteiger partial charge in [0.05, 0.1) is 17.4 Å². The lowest BCUT2D eigenvalue weighted by atomic mass is 10.1. The SMILES string of the molecule is CP(C)c1ccccc1Nc1nc(Nc2ccc3[nH]nc(-c4ccccc4)c3c2)ncc1Cl. The van der Waals surface area contributed by atoms with Crippen molar-refractivity contribution >= 4 is 58.9 Å². The molecular formula is C25H22ClN6P. The summed E-state index contributed by atoms with van der Waals surface area (Å²) >= 11 is 6.41. The molecule has 0 aliphatic heterocycles. The monoisotopic (exact) mass is 472 g/mol. The normalized spacial score (nSPS) is 11.2. The number of rotatable bonds is 6. The van der Waals surface area contributed by atoms with Crippen LogP contribution < -0.4 is 15.9 Å². The summed E-state index contributed by atoms with van der Waals surface area (Å²) in [6.45, 7) is 4.44. The number of halogens is 1. The Bertz CT molecular complexity index is 1420. The Morgan fingerprint density at radius 3 is 2.52 bits per heavy atom. The van der Waals surface area contributed by atoms with E-state index < -0.39 is 0 Å². The van der Waals surface area contributed by atoms with E-state index in [-0.39, 0.29) is 7.92 Å². The van der Waals surface area contributed by atoms with E-state index in [0.717, 1.165) is 33.5 Å². The third kappa shape index (κ3) is 4.54. The lowest BCUT2D eigenvalue weighted by molar-refractivity contribution is 1.12. The number of nitrogens with one attached hydrogen (secondary N) is 3. The summed E-state index contributed by atoms with van der Waals surface area (Å²) in [6.07, 6.45) is 1.61. The second kappa shape index (κ2) is 9.18. The van der Waals surface area contributed by atoms with Gasteiger partial charge in [0.15, 0.2) is 5.82 Å². The van der Waals surface area contributed by atoms with Crippen molar-refractivity contribution in [1.29, 1.82) is 0 Å². The fraction of sp³-hybridized carbons (Fsp3) is 0.0800. The van der Waals surface area contributed by atoms with E-state index in [1.54, 1.807) is 6.20 Å². The molecule has 0 unspecified atom stereocenters. The minimum Gasteiger partial charge on any atom is -0.338 e. The molecule has 0 spiro atoms. The van der Waals surface area contributed by atoms with Gasteiger partial charge in [-0.1, -0.05) is 68.1 Å². The van der Waals surface area contributed by atoms with E-state index in [1.165, 1.54) is 5.30 Å². The summed E-state index contributed by atoms with van der Waals surface area (Å²) in [5.74, 6) is 1.02. The lowest BCUT2D eigenvalue weighted by Gasteiger charge is -2.15. The maximum Gasteiger partial charge on any atom is 0.229 e. The average molecular weight is 473 g/mol. The molecule has 8 heteroatoms. The van der Waals surface area contributed by atoms with Crippen LogP contribution in [0.5, 0.6) is 0 Å². The highest BCUT2D eigenvalue weighted by Crippen LogP contribution is 2.32. The number of nitrogens with zero attached hydrogens (tertiary/aromatic N) is 3. The summed E-state index contributed by atoms with van der Waals surface area (Å²) in [4.78, 5) is 9.00. The third-order valence-electron chi connectivity index (χ3n) is 5.25. The van der Waals surface area contributed by atoms with Gasteiger partial charge in [0.1, 0.15) is 5.02 Å². The second-order valence-electron chi connectivity index (χ2n) is 7.75. The first-order valence-electron chi connectivity index (χ1n) is 10.4. The van der Waals surface area contributed by atoms with Crippen molar-refractivity contribution in [1.82, 2.24) is 20.2 Å². The smallest absolute Gasteiger partial charge is 0.229 e. The number of anilines is 4. The minimum atomic E-state index is -0.278. The Kier molecular flexibility index (Phi) is 5.95. The van der Waals surface area contributed by atoms with Crippen molar-refractivity contribution < 1.29 is 0 Å². The van der Waals surface area contributed by atoms with Crippen molar-refractivity contribution in [3.8, 4) is 11.3 Å². The molecule has 0 aliphatic carbocycles. The van der Waals surface area contributed by atoms with Crippen molar-refractivity contribution in [3.63, 3.8) is 0 Å². The van der Waals surface area contributed by atoms with Crippen LogP contribution in [0, 0.1) is 0 Å². The van der Waals surface area contributed by atoms with Crippen molar-refractivity contribution in [2.24, 2.45) is 0 Å². The summed E-state index contributed by atoms with van der Waals surface area (Å²) < 4.78 is 0. The molecule has 0 aliphatic rings. The Balaban J connectivity index is 1.44. The maximum atomic E-state index is 6.41. The van der Waals surface area contributed by atoms with Gasteiger partial charge in [-0.3, -0.25) is 5.10 Å². The molecule has 33 heavy (non-hydrogen) atoms. The van der Waals surface area contributed by atoms with Crippen LogP contribution in [0.15, 0.2) is 79.0 Å². The zero-order valence-corrected chi connectivity index (χ0v) is 19.8. The van der Waals surface area contributed by atoms with Gasteiger partial charge in [-0.2, -0.15) is 10.1 Å². The molecule has 0 bridgehead atoms. The number of benzene rings is 3. The van der Waals surface area contributed by atoms with Gasteiger partial charge >= 0.3 is 0 Å². The van der Waals surface area contributed by atoms with E-state index in [4.69, 9.17) is 11.6 Å². The number of para-hydroxylation sites is 1. The van der Waals surface area contributed by atoms with Crippen molar-refractivity contribution in [2.45, 2.75) is 0 Å². The number of H-pyrrole nitrogens is 1. The quantitative estimate of drug-likeness (QED) is 0.245. The van der Waals surface area contributed by atoms with Crippen LogP contribution in [0.3, 0.4) is 0 Å². The summed E-state index contributed by atoms with van der Waals surface area (Å²) in [7, 11) is -0.278. The molecule has 2 aromatic heterocycles. The minimum absolute atomic E-state index is 0.278. The van der Waals surface area contributed by atoms with Crippen LogP contribution in [-0.4, -0.2) is 33.5 Å². The van der Waals surface area contributed by atoms with E-state index in [1.807, 2.05) is 66.7 Å². The van der Waals surface area contributed by atoms with Crippen LogP contribution in [0.1, 0.15) is 0 Å². The zero-order chi connectivity index (χ0) is 22.8. The number of aromatic amines is 1. The fourth-order valence-corrected chi connectivity index (χ4v) is 4.78. The van der Waals surface area contributed by atoms with Crippen LogP contribution in [0.2, 0.25) is 5.02 Å². The van der Waals surface area contributed by atoms with E-state index in [9.17, 15) is 0 Å². The number of hydrogen-bond acceptors (Lipinski definition) is 5. The van der Waals surface area contributed by atoms with Crippen LogP contribution in [0.25, 0.3) is 22.2 Å². The van der Waals surface area contributed by atoms with Gasteiger partial charge in [-0.15, -0.1) is 0 Å². The highest BCUT2D eigenvalue weighted by molar-refractivity contribution is 7.64. The molecule has 6 nitrogen and oxygen atoms in total. The standard InChI is InChI=1S/C25H22ClN6P/c1-33(2)22-11-7-6-10-21(22)29-24-19(26)15-27-25(30-24)28-17-12-13-20-18(14-17)23(32-31-20)16-8-4-3-5-9-16/h3-15H,1-2H3,(H,31,32)(H2,27,28,29,30). The van der Waals surface area contributed by atoms with Crippen molar-refractivity contribution in [2.75, 3.05) is 24.0 Å². The highest BCUT2D eigenvalue weighted by atomic mass is 35.5. The van der Waals surface area contributed by atoms with Gasteiger partial charge < -0.3 is 10.6 Å². The molecule has 3 aromatic carbocycles. The molecule has 0 atom stereocenters. The molecule has 0 radical (unpaired) electrons. The largest absolute Gasteiger partial charge is 0.338 e. The first kappa shape index (κ1) is 21.4. The average Bonchev–Trinajstić information content (AvgIpc) is 3.25. The molecule has 2 heterocycles. The molecular weight excluding hydrogens is 451 g/mol. The zero-order valence-electron chi connectivity index (χ0n) is 18.2. The lowest BCUT2D eigenvalue weighted by Crippen LogP contribution is -2.09. The van der Waals surface area contributed by atoms with Gasteiger partial charge in [-0.25, -0.2) is 4.98 Å². The first-order chi connectivity index (χ1) is 16.1. The van der Waals surface area contributed by atoms with Gasteiger partial charge in [0.2, 0.25) is 5.95 Å². The predicted molar refractivity (Wildman–Crippen MR) is 140 cm³/mol. The molecule has 0 saturated carbocycles. The molecule has 0 fully saturated rings. The second-order valence-corrected chi connectivity index (χ2v) is 10.4. The number of aromatic nitrogens is 4. The van der Waals surface area contributed by atoms with Gasteiger partial charge in [-0.05, 0) is 42.9 Å². The summed E-state index contributed by atoms with van der Waals surface area (Å²) in [5.41, 5.74) is 4.79. The Labute approximate surface area is 198 Å². The van der Waals surface area contributed by atoms with Crippen LogP contribution in [0.4, 0.5) is 23.1 Å². The molecule has 0 saturated heterocycles. The Hall–Kier alpha value is -3.47. The van der Waals surface area contributed by atoms with Crippen molar-refractivity contribution in [3.05, 3.63) is 84.0 Å². The number of hydrogen-bond donors (Lipinski definition) is 3. The molecule has 5 aromatic rings. The van der Waals surface area contributed by atoms with E-state index in [0.29, 0.717) is 16.8 Å². The van der Waals surface area contributed by atoms with Gasteiger partial charge in [0, 0.05) is 22.3 Å². The predicted octanol–water partition coefficient (Wildman–Crippen LogP) is 6.53. The molecule has 3 N–H and O–H groups in total. The maximum absolute atomic E-state index is 6.41. The third-order valence-corrected chi connectivity index (χ3v) is 6.88. The fourth-order valence-electron chi connectivity index (χ4n) is 3.65. The number of fused-ring (bicyclic) bond motifs is 1. The topological polar surface area (TPSA) is 78.5 Å². The Morgan fingerprint density at radius 1 is 0.909 bits per heavy atom. The summed E-state index contributed by atoms with van der Waals surface area (Å²) in [5, 5.41) is 17.0. The molecule has 5 rings (SSSR count). The Morgan fingerprint density at radius 2 is 1.70 bits per heavy atom. The first-order valence-corrected chi connectivity index (χ1v) is 13.1. The molecule has 164 valence electrons. The highest BCUT2D eigenvalue weighted by Gasteiger charge is 2.12.